The summed E-state index contributed by atoms with van der Waals surface area (Å²) in [5.41, 5.74) is 1.71. The summed E-state index contributed by atoms with van der Waals surface area (Å²) in [5, 5.41) is 8.32. The van der Waals surface area contributed by atoms with E-state index in [9.17, 15) is 4.79 Å². The molecule has 0 saturated carbocycles. The minimum absolute atomic E-state index is 0.794. The molecule has 0 unspecified atom stereocenters. The van der Waals surface area contributed by atoms with Gasteiger partial charge in [0.2, 0.25) is 0 Å². The number of carboxylic acids is 1. The fourth-order valence-corrected chi connectivity index (χ4v) is 0.745. The zero-order chi connectivity index (χ0) is 8.97. The highest BCUT2D eigenvalue weighted by molar-refractivity contribution is 5.85. The summed E-state index contributed by atoms with van der Waals surface area (Å²) >= 11 is 0. The minimum Gasteiger partial charge on any atom is -0.478 e. The number of nitrogens with zero attached hydrogens (tertiary/aromatic N) is 1. The first-order chi connectivity index (χ1) is 5.68. The van der Waals surface area contributed by atoms with Gasteiger partial charge < -0.3 is 5.11 Å². The first-order valence-electron chi connectivity index (χ1n) is 3.52. The van der Waals surface area contributed by atoms with Gasteiger partial charge >= 0.3 is 5.97 Å². The first-order valence-corrected chi connectivity index (χ1v) is 3.52. The Bertz CT molecular complexity index is 301. The molecule has 0 fully saturated rings. The summed E-state index contributed by atoms with van der Waals surface area (Å²) in [6.45, 7) is 1.88. The van der Waals surface area contributed by atoms with Crippen molar-refractivity contribution in [2.24, 2.45) is 0 Å². The van der Waals surface area contributed by atoms with Crippen LogP contribution < -0.4 is 0 Å². The molecule has 0 atom stereocenters. The molecule has 0 aliphatic carbocycles. The number of aryl methyl sites for hydroxylation is 1. The third-order valence-electron chi connectivity index (χ3n) is 1.35. The lowest BCUT2D eigenvalue weighted by Crippen LogP contribution is -1.86. The fourth-order valence-electron chi connectivity index (χ4n) is 0.745. The van der Waals surface area contributed by atoms with Crippen LogP contribution in [0.1, 0.15) is 11.3 Å². The second-order valence-electron chi connectivity index (χ2n) is 2.40. The van der Waals surface area contributed by atoms with Gasteiger partial charge in [0.25, 0.3) is 0 Å². The second-order valence-corrected chi connectivity index (χ2v) is 2.40. The van der Waals surface area contributed by atoms with Crippen molar-refractivity contribution in [1.82, 2.24) is 4.98 Å². The molecule has 0 aromatic carbocycles. The van der Waals surface area contributed by atoms with E-state index in [1.54, 1.807) is 6.20 Å². The van der Waals surface area contributed by atoms with Gasteiger partial charge in [0.15, 0.2) is 0 Å². The molecule has 62 valence electrons. The van der Waals surface area contributed by atoms with Crippen LogP contribution in [-0.2, 0) is 4.79 Å². The van der Waals surface area contributed by atoms with Gasteiger partial charge in [0, 0.05) is 18.0 Å². The van der Waals surface area contributed by atoms with Crippen LogP contribution in [0.5, 0.6) is 0 Å². The number of carbonyl (C=O) groups is 1. The van der Waals surface area contributed by atoms with Gasteiger partial charge in [-0.15, -0.1) is 0 Å². The van der Waals surface area contributed by atoms with Crippen molar-refractivity contribution in [2.45, 2.75) is 6.92 Å². The molecule has 0 bridgehead atoms. The van der Waals surface area contributed by atoms with E-state index in [1.165, 1.54) is 6.08 Å². The van der Waals surface area contributed by atoms with E-state index in [1.807, 2.05) is 19.1 Å². The van der Waals surface area contributed by atoms with E-state index < -0.39 is 5.97 Å². The van der Waals surface area contributed by atoms with Crippen LogP contribution in [0.4, 0.5) is 0 Å². The standard InChI is InChI=1S/C9H9NO2/c1-7-2-3-8(6-10-7)4-5-9(11)12/h2-6H,1H3,(H,11,12). The molecular formula is C9H9NO2. The monoisotopic (exact) mass is 163 g/mol. The quantitative estimate of drug-likeness (QED) is 0.672. The maximum atomic E-state index is 10.1. The van der Waals surface area contributed by atoms with Crippen LogP contribution in [0.15, 0.2) is 24.4 Å². The Labute approximate surface area is 70.4 Å². The van der Waals surface area contributed by atoms with Crippen molar-refractivity contribution < 1.29 is 9.90 Å². The van der Waals surface area contributed by atoms with Gasteiger partial charge in [-0.3, -0.25) is 4.98 Å². The topological polar surface area (TPSA) is 50.2 Å². The molecule has 0 radical (unpaired) electrons. The van der Waals surface area contributed by atoms with E-state index in [0.29, 0.717) is 0 Å². The Balaban J connectivity index is 2.77. The molecule has 0 aliphatic rings. The van der Waals surface area contributed by atoms with Gasteiger partial charge in [0.1, 0.15) is 0 Å². The zero-order valence-corrected chi connectivity index (χ0v) is 6.69. The molecule has 0 amide bonds. The van der Waals surface area contributed by atoms with E-state index in [0.717, 1.165) is 17.3 Å². The van der Waals surface area contributed by atoms with Gasteiger partial charge in [0.05, 0.1) is 0 Å². The number of hydrogen-bond donors (Lipinski definition) is 1. The van der Waals surface area contributed by atoms with Gasteiger partial charge in [-0.05, 0) is 24.6 Å². The van der Waals surface area contributed by atoms with Crippen molar-refractivity contribution in [3.8, 4) is 0 Å². The fraction of sp³-hybridized carbons (Fsp3) is 0.111. The number of pyridine rings is 1. The smallest absolute Gasteiger partial charge is 0.328 e. The minimum atomic E-state index is -0.949. The summed E-state index contributed by atoms with van der Waals surface area (Å²) in [6.07, 6.45) is 4.23. The van der Waals surface area contributed by atoms with Crippen molar-refractivity contribution in [2.75, 3.05) is 0 Å². The van der Waals surface area contributed by atoms with Crippen molar-refractivity contribution in [3.05, 3.63) is 35.7 Å². The lowest BCUT2D eigenvalue weighted by atomic mass is 10.2. The molecule has 1 rings (SSSR count). The normalized spacial score (nSPS) is 10.4. The molecule has 12 heavy (non-hydrogen) atoms. The van der Waals surface area contributed by atoms with E-state index in [-0.39, 0.29) is 0 Å². The molecule has 1 aromatic rings. The predicted molar refractivity (Wildman–Crippen MR) is 45.6 cm³/mol. The van der Waals surface area contributed by atoms with Crippen LogP contribution in [0.3, 0.4) is 0 Å². The maximum absolute atomic E-state index is 10.1. The summed E-state index contributed by atoms with van der Waals surface area (Å²) in [4.78, 5) is 14.1. The van der Waals surface area contributed by atoms with Crippen molar-refractivity contribution >= 4 is 12.0 Å². The molecule has 0 aliphatic heterocycles. The molecule has 1 aromatic heterocycles. The molecular weight excluding hydrogens is 154 g/mol. The molecule has 0 spiro atoms. The average molecular weight is 163 g/mol. The van der Waals surface area contributed by atoms with Crippen LogP contribution in [0.2, 0.25) is 0 Å². The SMILES string of the molecule is Cc1ccc(C=CC(=O)O)cn1. The molecule has 0 saturated heterocycles. The Hall–Kier alpha value is -1.64. The van der Waals surface area contributed by atoms with Crippen LogP contribution >= 0.6 is 0 Å². The highest BCUT2D eigenvalue weighted by Gasteiger charge is 1.89. The highest BCUT2D eigenvalue weighted by Crippen LogP contribution is 2.00. The van der Waals surface area contributed by atoms with Gasteiger partial charge in [-0.2, -0.15) is 0 Å². The van der Waals surface area contributed by atoms with Crippen molar-refractivity contribution in [1.29, 1.82) is 0 Å². The number of rotatable bonds is 2. The highest BCUT2D eigenvalue weighted by atomic mass is 16.4. The van der Waals surface area contributed by atoms with Crippen LogP contribution in [0.25, 0.3) is 6.08 Å². The summed E-state index contributed by atoms with van der Waals surface area (Å²) < 4.78 is 0. The number of hydrogen-bond acceptors (Lipinski definition) is 2. The van der Waals surface area contributed by atoms with Crippen molar-refractivity contribution in [3.63, 3.8) is 0 Å². The number of aliphatic carboxylic acids is 1. The zero-order valence-electron chi connectivity index (χ0n) is 6.69. The third-order valence-corrected chi connectivity index (χ3v) is 1.35. The summed E-state index contributed by atoms with van der Waals surface area (Å²) in [7, 11) is 0. The lowest BCUT2D eigenvalue weighted by Gasteiger charge is -1.92. The Morgan fingerprint density at radius 1 is 1.58 bits per heavy atom. The Morgan fingerprint density at radius 3 is 2.83 bits per heavy atom. The van der Waals surface area contributed by atoms with E-state index >= 15 is 0 Å². The van der Waals surface area contributed by atoms with Gasteiger partial charge in [-0.1, -0.05) is 6.07 Å². The Kier molecular flexibility index (Phi) is 2.58. The molecule has 1 heterocycles. The van der Waals surface area contributed by atoms with Crippen LogP contribution in [0, 0.1) is 6.92 Å². The largest absolute Gasteiger partial charge is 0.478 e. The summed E-state index contributed by atoms with van der Waals surface area (Å²) in [6, 6.07) is 3.66. The predicted octanol–water partition coefficient (Wildman–Crippen LogP) is 1.49. The van der Waals surface area contributed by atoms with Crippen LogP contribution in [-0.4, -0.2) is 16.1 Å². The first kappa shape index (κ1) is 8.46. The van der Waals surface area contributed by atoms with E-state index in [4.69, 9.17) is 5.11 Å². The second kappa shape index (κ2) is 3.67. The number of aromatic nitrogens is 1. The molecule has 3 nitrogen and oxygen atoms in total. The maximum Gasteiger partial charge on any atom is 0.328 e. The number of carboxylic acid groups (broad SMARTS) is 1. The third kappa shape index (κ3) is 2.54. The summed E-state index contributed by atoms with van der Waals surface area (Å²) in [5.74, 6) is -0.949. The molecule has 1 N–H and O–H groups in total. The lowest BCUT2D eigenvalue weighted by molar-refractivity contribution is -0.131. The molecule has 3 heteroatoms. The Morgan fingerprint density at radius 2 is 2.33 bits per heavy atom. The average Bonchev–Trinajstić information content (AvgIpc) is 2.03. The van der Waals surface area contributed by atoms with E-state index in [2.05, 4.69) is 4.98 Å². The van der Waals surface area contributed by atoms with Gasteiger partial charge in [-0.25, -0.2) is 4.79 Å².